The normalized spacial score (nSPS) is 11.8. The zero-order valence-corrected chi connectivity index (χ0v) is 12.1. The zero-order valence-electron chi connectivity index (χ0n) is 12.1. The predicted molar refractivity (Wildman–Crippen MR) is 77.6 cm³/mol. The predicted octanol–water partition coefficient (Wildman–Crippen LogP) is 0.925. The Kier molecular flexibility index (Phi) is 4.47. The summed E-state index contributed by atoms with van der Waals surface area (Å²) in [6.45, 7) is 1.77. The van der Waals surface area contributed by atoms with Crippen molar-refractivity contribution in [1.29, 1.82) is 0 Å². The molecular weight excluding hydrogens is 286 g/mol. The summed E-state index contributed by atoms with van der Waals surface area (Å²) < 4.78 is 0. The van der Waals surface area contributed by atoms with Crippen LogP contribution in [-0.2, 0) is 0 Å². The number of hydrogen-bond donors (Lipinski definition) is 3. The molecule has 1 atom stereocenters. The fraction of sp³-hybridized carbons (Fsp3) is 0.200. The Labute approximate surface area is 126 Å². The van der Waals surface area contributed by atoms with Gasteiger partial charge in [-0.05, 0) is 31.2 Å². The molecule has 3 N–H and O–H groups in total. The highest BCUT2D eigenvalue weighted by molar-refractivity contribution is 5.95. The van der Waals surface area contributed by atoms with E-state index in [1.807, 2.05) is 0 Å². The summed E-state index contributed by atoms with van der Waals surface area (Å²) in [7, 11) is 1.41. The van der Waals surface area contributed by atoms with Crippen LogP contribution in [0.3, 0.4) is 0 Å². The van der Waals surface area contributed by atoms with Crippen molar-refractivity contribution in [2.24, 2.45) is 0 Å². The average molecular weight is 301 g/mol. The minimum atomic E-state index is -1.22. The molecule has 0 aliphatic rings. The number of hydrogen-bond acceptors (Lipinski definition) is 5. The van der Waals surface area contributed by atoms with Gasteiger partial charge < -0.3 is 15.5 Å². The van der Waals surface area contributed by atoms with Crippen LogP contribution in [0.25, 0.3) is 0 Å². The molecule has 2 aromatic rings. The fourth-order valence-corrected chi connectivity index (χ4v) is 1.93. The average Bonchev–Trinajstić information content (AvgIpc) is 2.52. The first-order valence-corrected chi connectivity index (χ1v) is 6.51. The maximum Gasteiger partial charge on any atom is 0.335 e. The van der Waals surface area contributed by atoms with Gasteiger partial charge in [0, 0.05) is 12.7 Å². The number of aromatic carboxylic acids is 1. The number of nitrogens with one attached hydrogen (secondary N) is 1. The van der Waals surface area contributed by atoms with E-state index in [1.165, 1.54) is 13.1 Å². The highest BCUT2D eigenvalue weighted by Crippen LogP contribution is 2.20. The van der Waals surface area contributed by atoms with Crippen LogP contribution in [0.1, 0.15) is 44.0 Å². The number of amides is 1. The molecule has 2 rings (SSSR count). The Hall–Kier alpha value is -2.80. The van der Waals surface area contributed by atoms with E-state index < -0.39 is 18.0 Å². The monoisotopic (exact) mass is 301 g/mol. The lowest BCUT2D eigenvalue weighted by Gasteiger charge is -2.12. The first-order chi connectivity index (χ1) is 10.4. The van der Waals surface area contributed by atoms with Crippen molar-refractivity contribution in [3.63, 3.8) is 0 Å². The fourth-order valence-electron chi connectivity index (χ4n) is 1.93. The molecule has 1 amide bonds. The van der Waals surface area contributed by atoms with Crippen molar-refractivity contribution in [2.75, 3.05) is 7.05 Å². The maximum atomic E-state index is 11.7. The molecular formula is C15H15N3O4. The van der Waals surface area contributed by atoms with Crippen LogP contribution in [-0.4, -0.2) is 39.1 Å². The minimum Gasteiger partial charge on any atom is -0.478 e. The van der Waals surface area contributed by atoms with E-state index in [1.54, 1.807) is 25.1 Å². The van der Waals surface area contributed by atoms with E-state index >= 15 is 0 Å². The standard InChI is InChI=1S/C15H15N3O4/c1-8-4-3-5-10(17-8)13(19)11-6-9(15(21)22)7-12(18-11)14(20)16-2/h3-7,13,19H,1-2H3,(H,16,20)(H,21,22)/t13-/m1/s1. The molecule has 22 heavy (non-hydrogen) atoms. The number of carboxylic acid groups (broad SMARTS) is 1. The topological polar surface area (TPSA) is 112 Å². The first kappa shape index (κ1) is 15.6. The van der Waals surface area contributed by atoms with Gasteiger partial charge >= 0.3 is 5.97 Å². The van der Waals surface area contributed by atoms with Gasteiger partial charge in [0.05, 0.1) is 17.0 Å². The molecule has 0 fully saturated rings. The van der Waals surface area contributed by atoms with Crippen LogP contribution in [0, 0.1) is 6.92 Å². The van der Waals surface area contributed by atoms with Crippen LogP contribution >= 0.6 is 0 Å². The summed E-state index contributed by atoms with van der Waals surface area (Å²) in [5, 5.41) is 21.9. The number of aliphatic hydroxyl groups excluding tert-OH is 1. The highest BCUT2D eigenvalue weighted by atomic mass is 16.4. The van der Waals surface area contributed by atoms with Crippen LogP contribution in [0.2, 0.25) is 0 Å². The summed E-state index contributed by atoms with van der Waals surface area (Å²) in [5.74, 6) is -1.74. The Morgan fingerprint density at radius 1 is 1.18 bits per heavy atom. The van der Waals surface area contributed by atoms with Crippen LogP contribution < -0.4 is 5.32 Å². The highest BCUT2D eigenvalue weighted by Gasteiger charge is 2.19. The van der Waals surface area contributed by atoms with Crippen LogP contribution in [0.15, 0.2) is 30.3 Å². The number of rotatable bonds is 4. The molecule has 0 unspecified atom stereocenters. The van der Waals surface area contributed by atoms with Crippen molar-refractivity contribution in [1.82, 2.24) is 15.3 Å². The number of carboxylic acids is 1. The van der Waals surface area contributed by atoms with E-state index in [0.29, 0.717) is 11.4 Å². The summed E-state index contributed by atoms with van der Waals surface area (Å²) in [4.78, 5) is 31.1. The van der Waals surface area contributed by atoms with Gasteiger partial charge in [-0.2, -0.15) is 0 Å². The van der Waals surface area contributed by atoms with E-state index in [0.717, 1.165) is 6.07 Å². The van der Waals surface area contributed by atoms with Crippen molar-refractivity contribution < 1.29 is 19.8 Å². The third kappa shape index (κ3) is 3.26. The number of aliphatic hydroxyl groups is 1. The number of aryl methyl sites for hydroxylation is 1. The Morgan fingerprint density at radius 3 is 2.50 bits per heavy atom. The lowest BCUT2D eigenvalue weighted by molar-refractivity contribution is 0.0696. The van der Waals surface area contributed by atoms with Gasteiger partial charge in [-0.3, -0.25) is 9.78 Å². The summed E-state index contributed by atoms with van der Waals surface area (Å²) in [6, 6.07) is 7.48. The van der Waals surface area contributed by atoms with Gasteiger partial charge in [-0.15, -0.1) is 0 Å². The van der Waals surface area contributed by atoms with Crippen molar-refractivity contribution in [3.05, 3.63) is 58.7 Å². The molecule has 0 aliphatic heterocycles. The molecule has 0 bridgehead atoms. The van der Waals surface area contributed by atoms with E-state index in [4.69, 9.17) is 5.11 Å². The number of pyridine rings is 2. The van der Waals surface area contributed by atoms with E-state index in [-0.39, 0.29) is 17.0 Å². The quantitative estimate of drug-likeness (QED) is 0.774. The van der Waals surface area contributed by atoms with Gasteiger partial charge in [0.2, 0.25) is 0 Å². The third-order valence-electron chi connectivity index (χ3n) is 3.02. The first-order valence-electron chi connectivity index (χ1n) is 6.51. The molecule has 0 saturated heterocycles. The molecule has 0 spiro atoms. The molecule has 7 nitrogen and oxygen atoms in total. The maximum absolute atomic E-state index is 11.7. The Bertz CT molecular complexity index is 730. The second-order valence-corrected chi connectivity index (χ2v) is 4.66. The SMILES string of the molecule is CNC(=O)c1cc(C(=O)O)cc([C@H](O)c2cccc(C)n2)n1. The largest absolute Gasteiger partial charge is 0.478 e. The van der Waals surface area contributed by atoms with Gasteiger partial charge in [0.1, 0.15) is 11.8 Å². The Morgan fingerprint density at radius 2 is 1.91 bits per heavy atom. The molecule has 2 heterocycles. The minimum absolute atomic E-state index is 0.0524. The number of carbonyl (C=O) groups is 2. The third-order valence-corrected chi connectivity index (χ3v) is 3.02. The molecule has 0 radical (unpaired) electrons. The second kappa shape index (κ2) is 6.31. The zero-order chi connectivity index (χ0) is 16.3. The second-order valence-electron chi connectivity index (χ2n) is 4.66. The van der Waals surface area contributed by atoms with Crippen molar-refractivity contribution in [2.45, 2.75) is 13.0 Å². The van der Waals surface area contributed by atoms with Crippen molar-refractivity contribution in [3.8, 4) is 0 Å². The number of nitrogens with zero attached hydrogens (tertiary/aromatic N) is 2. The number of aromatic nitrogens is 2. The summed E-state index contributed by atoms with van der Waals surface area (Å²) in [6.07, 6.45) is -1.22. The van der Waals surface area contributed by atoms with Gasteiger partial charge in [-0.25, -0.2) is 9.78 Å². The number of carbonyl (C=O) groups excluding carboxylic acids is 1. The summed E-state index contributed by atoms with van der Waals surface area (Å²) >= 11 is 0. The molecule has 0 aliphatic carbocycles. The van der Waals surface area contributed by atoms with E-state index in [9.17, 15) is 14.7 Å². The van der Waals surface area contributed by atoms with Crippen LogP contribution in [0.5, 0.6) is 0 Å². The summed E-state index contributed by atoms with van der Waals surface area (Å²) in [5.41, 5.74) is 0.881. The van der Waals surface area contributed by atoms with Gasteiger partial charge in [0.25, 0.3) is 5.91 Å². The Balaban J connectivity index is 2.51. The molecule has 0 aromatic carbocycles. The van der Waals surface area contributed by atoms with Gasteiger partial charge in [0.15, 0.2) is 0 Å². The van der Waals surface area contributed by atoms with E-state index in [2.05, 4.69) is 15.3 Å². The lowest BCUT2D eigenvalue weighted by Crippen LogP contribution is -2.21. The molecule has 114 valence electrons. The van der Waals surface area contributed by atoms with Crippen LogP contribution in [0.4, 0.5) is 0 Å². The smallest absolute Gasteiger partial charge is 0.335 e. The molecule has 0 saturated carbocycles. The van der Waals surface area contributed by atoms with Gasteiger partial charge in [-0.1, -0.05) is 6.07 Å². The van der Waals surface area contributed by atoms with Crippen molar-refractivity contribution >= 4 is 11.9 Å². The lowest BCUT2D eigenvalue weighted by atomic mass is 10.1. The molecule has 7 heteroatoms. The molecule has 2 aromatic heterocycles.